The maximum atomic E-state index is 12.8. The normalized spacial score (nSPS) is 13.6. The average Bonchev–Trinajstić information content (AvgIpc) is 3.36. The lowest BCUT2D eigenvalue weighted by atomic mass is 9.91. The second-order valence-electron chi connectivity index (χ2n) is 7.46. The fourth-order valence-electron chi connectivity index (χ4n) is 3.63. The predicted molar refractivity (Wildman–Crippen MR) is 117 cm³/mol. The minimum Gasteiger partial charge on any atom is -0.504 e. The molecule has 0 spiro atoms. The van der Waals surface area contributed by atoms with E-state index in [1.165, 1.54) is 19.2 Å². The number of rotatable bonds is 7. The van der Waals surface area contributed by atoms with Gasteiger partial charge in [0.1, 0.15) is 5.76 Å². The summed E-state index contributed by atoms with van der Waals surface area (Å²) in [5.74, 6) is -0.224. The van der Waals surface area contributed by atoms with Crippen LogP contribution in [0.2, 0.25) is 0 Å². The van der Waals surface area contributed by atoms with Crippen LogP contribution in [0.4, 0.5) is 0 Å². The molecule has 1 amide bonds. The van der Waals surface area contributed by atoms with Crippen LogP contribution in [0.3, 0.4) is 0 Å². The number of benzene rings is 1. The summed E-state index contributed by atoms with van der Waals surface area (Å²) >= 11 is 1.67. The molecule has 3 heterocycles. The van der Waals surface area contributed by atoms with Crippen LogP contribution in [-0.2, 0) is 17.9 Å². The molecule has 0 fully saturated rings. The number of carbonyl (C=O) groups is 1. The Morgan fingerprint density at radius 3 is 2.94 bits per heavy atom. The van der Waals surface area contributed by atoms with Gasteiger partial charge < -0.3 is 29.3 Å². The summed E-state index contributed by atoms with van der Waals surface area (Å²) in [4.78, 5) is 29.5. The maximum absolute atomic E-state index is 12.8. The lowest BCUT2D eigenvalue weighted by Gasteiger charge is -2.18. The van der Waals surface area contributed by atoms with Gasteiger partial charge in [-0.2, -0.15) is 0 Å². The van der Waals surface area contributed by atoms with Gasteiger partial charge in [-0.15, -0.1) is 0 Å². The first-order chi connectivity index (χ1) is 15.4. The van der Waals surface area contributed by atoms with Crippen molar-refractivity contribution >= 4 is 17.7 Å². The van der Waals surface area contributed by atoms with Gasteiger partial charge in [0.15, 0.2) is 22.4 Å². The van der Waals surface area contributed by atoms with Crippen molar-refractivity contribution in [3.05, 3.63) is 63.5 Å². The quantitative estimate of drug-likeness (QED) is 0.494. The number of thioether (sulfide) groups is 1. The number of methoxy groups -OCH3 is 1. The fourth-order valence-corrected chi connectivity index (χ4v) is 4.59. The second-order valence-corrected chi connectivity index (χ2v) is 8.52. The topological polar surface area (TPSA) is 127 Å². The summed E-state index contributed by atoms with van der Waals surface area (Å²) in [5.41, 5.74) is 0.703. The molecule has 0 bridgehead atoms. The number of hydrogen-bond donors (Lipinski definition) is 3. The Hall–Kier alpha value is -3.40. The SMILES string of the molecule is COc1cc([C@H](CC(=O)NCc2cn3c(n2)SCC3)c2oc(C)cc(=O)c2O)ccc1O. The molecule has 0 radical (unpaired) electrons. The molecule has 0 saturated heterocycles. The molecule has 10 heteroatoms. The number of nitrogens with zero attached hydrogens (tertiary/aromatic N) is 2. The number of aromatic nitrogens is 2. The minimum atomic E-state index is -0.778. The second kappa shape index (κ2) is 8.99. The van der Waals surface area contributed by atoms with E-state index in [0.717, 1.165) is 23.1 Å². The van der Waals surface area contributed by atoms with Crippen LogP contribution in [0.25, 0.3) is 0 Å². The lowest BCUT2D eigenvalue weighted by Crippen LogP contribution is -2.25. The minimum absolute atomic E-state index is 0.0183. The molecule has 2 aromatic heterocycles. The summed E-state index contributed by atoms with van der Waals surface area (Å²) in [5, 5.41) is 24.1. The van der Waals surface area contributed by atoms with Crippen LogP contribution >= 0.6 is 11.8 Å². The number of ether oxygens (including phenoxy) is 1. The summed E-state index contributed by atoms with van der Waals surface area (Å²) in [6.45, 7) is 2.75. The van der Waals surface area contributed by atoms with E-state index in [1.807, 2.05) is 6.20 Å². The Bertz CT molecular complexity index is 1200. The van der Waals surface area contributed by atoms with Crippen molar-refractivity contribution in [2.45, 2.75) is 37.5 Å². The summed E-state index contributed by atoms with van der Waals surface area (Å²) in [7, 11) is 1.41. The number of aryl methyl sites for hydroxylation is 2. The Kier molecular flexibility index (Phi) is 6.13. The number of aromatic hydroxyl groups is 2. The van der Waals surface area contributed by atoms with E-state index >= 15 is 0 Å². The predicted octanol–water partition coefficient (Wildman–Crippen LogP) is 2.51. The Balaban J connectivity index is 1.60. The number of phenols is 1. The first-order valence-corrected chi connectivity index (χ1v) is 11.0. The Morgan fingerprint density at radius 1 is 1.38 bits per heavy atom. The molecule has 32 heavy (non-hydrogen) atoms. The van der Waals surface area contributed by atoms with E-state index in [2.05, 4.69) is 14.9 Å². The van der Waals surface area contributed by atoms with Crippen LogP contribution in [0.1, 0.15) is 35.1 Å². The van der Waals surface area contributed by atoms with Gasteiger partial charge in [-0.25, -0.2) is 4.98 Å². The number of nitrogens with one attached hydrogen (secondary N) is 1. The molecule has 1 aromatic carbocycles. The molecule has 0 unspecified atom stereocenters. The molecule has 1 aliphatic heterocycles. The van der Waals surface area contributed by atoms with Crippen molar-refractivity contribution < 1.29 is 24.2 Å². The van der Waals surface area contributed by atoms with Gasteiger partial charge >= 0.3 is 0 Å². The molecule has 0 saturated carbocycles. The molecule has 1 atom stereocenters. The van der Waals surface area contributed by atoms with Crippen molar-refractivity contribution in [1.82, 2.24) is 14.9 Å². The van der Waals surface area contributed by atoms with Crippen LogP contribution in [0.5, 0.6) is 17.2 Å². The van der Waals surface area contributed by atoms with Crippen LogP contribution in [-0.4, -0.2) is 38.5 Å². The van der Waals surface area contributed by atoms with Crippen molar-refractivity contribution in [3.63, 3.8) is 0 Å². The zero-order chi connectivity index (χ0) is 22.8. The summed E-state index contributed by atoms with van der Waals surface area (Å²) in [6.07, 6.45) is 1.82. The third-order valence-corrected chi connectivity index (χ3v) is 6.17. The molecule has 9 nitrogen and oxygen atoms in total. The smallest absolute Gasteiger partial charge is 0.227 e. The van der Waals surface area contributed by atoms with E-state index in [0.29, 0.717) is 11.3 Å². The highest BCUT2D eigenvalue weighted by Crippen LogP contribution is 2.37. The van der Waals surface area contributed by atoms with E-state index in [1.54, 1.807) is 30.8 Å². The van der Waals surface area contributed by atoms with Gasteiger partial charge in [0.25, 0.3) is 0 Å². The van der Waals surface area contributed by atoms with Crippen LogP contribution in [0.15, 0.2) is 44.8 Å². The third-order valence-electron chi connectivity index (χ3n) is 5.20. The standard InChI is InChI=1S/C22H23N3O6S/c1-12-7-17(27)20(29)21(31-12)15(13-3-4-16(26)18(8-13)30-2)9-19(28)23-10-14-11-25-5-6-32-22(25)24-14/h3-4,7-8,11,15,26,29H,5-6,9-10H2,1-2H3,(H,23,28)/t15-/m0/s1. The highest BCUT2D eigenvalue weighted by Gasteiger charge is 2.27. The van der Waals surface area contributed by atoms with E-state index in [4.69, 9.17) is 9.15 Å². The zero-order valence-electron chi connectivity index (χ0n) is 17.6. The van der Waals surface area contributed by atoms with Crippen molar-refractivity contribution in [3.8, 4) is 17.2 Å². The van der Waals surface area contributed by atoms with Gasteiger partial charge in [0.05, 0.1) is 25.3 Å². The molecular formula is C22H23N3O6S. The highest BCUT2D eigenvalue weighted by atomic mass is 32.2. The molecule has 1 aliphatic rings. The van der Waals surface area contributed by atoms with E-state index in [9.17, 15) is 19.8 Å². The Morgan fingerprint density at radius 2 is 2.19 bits per heavy atom. The van der Waals surface area contributed by atoms with Crippen molar-refractivity contribution in [2.24, 2.45) is 0 Å². The van der Waals surface area contributed by atoms with Gasteiger partial charge in [0.2, 0.25) is 17.1 Å². The maximum Gasteiger partial charge on any atom is 0.227 e. The highest BCUT2D eigenvalue weighted by molar-refractivity contribution is 7.99. The first-order valence-electron chi connectivity index (χ1n) is 10.0. The largest absolute Gasteiger partial charge is 0.504 e. The molecule has 0 aliphatic carbocycles. The molecular weight excluding hydrogens is 434 g/mol. The molecule has 3 N–H and O–H groups in total. The van der Waals surface area contributed by atoms with Gasteiger partial charge in [0, 0.05) is 31.0 Å². The number of carbonyl (C=O) groups excluding carboxylic acids is 1. The number of fused-ring (bicyclic) bond motifs is 1. The van der Waals surface area contributed by atoms with Crippen LogP contribution in [0, 0.1) is 6.92 Å². The van der Waals surface area contributed by atoms with Gasteiger partial charge in [-0.3, -0.25) is 9.59 Å². The lowest BCUT2D eigenvalue weighted by molar-refractivity contribution is -0.121. The zero-order valence-corrected chi connectivity index (χ0v) is 18.4. The summed E-state index contributed by atoms with van der Waals surface area (Å²) < 4.78 is 12.9. The molecule has 168 valence electrons. The number of imidazole rings is 1. The fraction of sp³-hybridized carbons (Fsp3) is 0.318. The molecule has 4 rings (SSSR count). The van der Waals surface area contributed by atoms with Gasteiger partial charge in [-0.1, -0.05) is 17.8 Å². The first kappa shape index (κ1) is 21.8. The van der Waals surface area contributed by atoms with Crippen molar-refractivity contribution in [2.75, 3.05) is 12.9 Å². The molecule has 3 aromatic rings. The van der Waals surface area contributed by atoms with E-state index < -0.39 is 17.1 Å². The number of hydrogen-bond acceptors (Lipinski definition) is 8. The van der Waals surface area contributed by atoms with Crippen molar-refractivity contribution in [1.29, 1.82) is 0 Å². The van der Waals surface area contributed by atoms with Crippen LogP contribution < -0.4 is 15.5 Å². The number of phenolic OH excluding ortho intramolecular Hbond substituents is 1. The Labute approximate surface area is 188 Å². The summed E-state index contributed by atoms with van der Waals surface area (Å²) in [6, 6.07) is 5.75. The van der Waals surface area contributed by atoms with E-state index in [-0.39, 0.29) is 36.1 Å². The average molecular weight is 458 g/mol. The number of amides is 1. The van der Waals surface area contributed by atoms with Gasteiger partial charge in [-0.05, 0) is 24.6 Å². The third kappa shape index (κ3) is 4.45. The monoisotopic (exact) mass is 457 g/mol.